The second-order valence-corrected chi connectivity index (χ2v) is 4.02. The number of aromatic nitrogens is 1. The maximum Gasteiger partial charge on any atom is 0.374 e. The molecule has 9 nitrogen and oxygen atoms in total. The van der Waals surface area contributed by atoms with Crippen LogP contribution in [0.2, 0.25) is 0 Å². The highest BCUT2D eigenvalue weighted by molar-refractivity contribution is 6.05. The van der Waals surface area contributed by atoms with Crippen LogP contribution < -0.4 is 4.90 Å². The van der Waals surface area contributed by atoms with Crippen LogP contribution in [0.1, 0.15) is 21.0 Å². The van der Waals surface area contributed by atoms with E-state index in [9.17, 15) is 19.7 Å². The van der Waals surface area contributed by atoms with Gasteiger partial charge < -0.3 is 14.5 Å². The number of nitrogens with zero attached hydrogens (tertiary/aromatic N) is 3. The Hall–Kier alpha value is -3.23. The fraction of sp³-hybridized carbons (Fsp3) is 0.0833. The van der Waals surface area contributed by atoms with E-state index < -0.39 is 22.6 Å². The minimum absolute atomic E-state index is 0.103. The lowest BCUT2D eigenvalue weighted by molar-refractivity contribution is -0.384. The maximum absolute atomic E-state index is 12.1. The van der Waals surface area contributed by atoms with Crippen molar-refractivity contribution in [3.8, 4) is 0 Å². The van der Waals surface area contributed by atoms with Crippen molar-refractivity contribution in [1.29, 1.82) is 0 Å². The first kappa shape index (κ1) is 14.2. The van der Waals surface area contributed by atoms with Crippen LogP contribution in [0.4, 0.5) is 11.4 Å². The van der Waals surface area contributed by atoms with Gasteiger partial charge in [-0.1, -0.05) is 5.16 Å². The van der Waals surface area contributed by atoms with E-state index in [1.54, 1.807) is 0 Å². The van der Waals surface area contributed by atoms with Crippen LogP contribution in [-0.4, -0.2) is 34.1 Å². The van der Waals surface area contributed by atoms with Crippen molar-refractivity contribution >= 4 is 23.3 Å². The van der Waals surface area contributed by atoms with E-state index in [1.807, 2.05) is 0 Å². The number of anilines is 1. The monoisotopic (exact) mass is 291 g/mol. The predicted molar refractivity (Wildman–Crippen MR) is 69.3 cm³/mol. The molecule has 9 heteroatoms. The standard InChI is InChI=1S/C12H9N3O6/c1-14(7-2-4-8(5-3-7)15(19)20)11(16)9-6-10(12(17)18)21-13-9/h2-6H,1H3,(H,17,18). The van der Waals surface area contributed by atoms with Crippen molar-refractivity contribution in [3.63, 3.8) is 0 Å². The average molecular weight is 291 g/mol. The molecule has 2 aromatic rings. The van der Waals surface area contributed by atoms with Gasteiger partial charge in [0.25, 0.3) is 11.6 Å². The van der Waals surface area contributed by atoms with E-state index in [-0.39, 0.29) is 11.4 Å². The number of nitro benzene ring substituents is 1. The molecule has 0 radical (unpaired) electrons. The molecule has 0 saturated carbocycles. The average Bonchev–Trinajstić information content (AvgIpc) is 2.96. The molecule has 1 aromatic heterocycles. The normalized spacial score (nSPS) is 10.1. The summed E-state index contributed by atoms with van der Waals surface area (Å²) in [5.74, 6) is -2.38. The lowest BCUT2D eigenvalue weighted by Crippen LogP contribution is -2.26. The Morgan fingerprint density at radius 2 is 1.95 bits per heavy atom. The summed E-state index contributed by atoms with van der Waals surface area (Å²) in [7, 11) is 1.43. The summed E-state index contributed by atoms with van der Waals surface area (Å²) < 4.78 is 4.50. The molecule has 108 valence electrons. The van der Waals surface area contributed by atoms with Gasteiger partial charge in [-0.05, 0) is 12.1 Å². The lowest BCUT2D eigenvalue weighted by atomic mass is 10.2. The fourth-order valence-electron chi connectivity index (χ4n) is 1.56. The molecule has 1 N–H and O–H groups in total. The Labute approximate surface area is 117 Å². The number of nitro groups is 1. The molecule has 2 rings (SSSR count). The van der Waals surface area contributed by atoms with Gasteiger partial charge in [0.2, 0.25) is 5.76 Å². The third-order valence-electron chi connectivity index (χ3n) is 2.69. The van der Waals surface area contributed by atoms with Crippen LogP contribution in [-0.2, 0) is 0 Å². The molecule has 0 saturated heterocycles. The lowest BCUT2D eigenvalue weighted by Gasteiger charge is -2.15. The molecule has 1 heterocycles. The highest BCUT2D eigenvalue weighted by atomic mass is 16.6. The predicted octanol–water partition coefficient (Wildman–Crippen LogP) is 1.56. The Balaban J connectivity index is 2.21. The van der Waals surface area contributed by atoms with Gasteiger partial charge in [-0.15, -0.1) is 0 Å². The molecule has 21 heavy (non-hydrogen) atoms. The summed E-state index contributed by atoms with van der Waals surface area (Å²) in [6.07, 6.45) is 0. The number of amides is 1. The topological polar surface area (TPSA) is 127 Å². The first-order chi connectivity index (χ1) is 9.90. The van der Waals surface area contributed by atoms with Crippen molar-refractivity contribution in [2.45, 2.75) is 0 Å². The fourth-order valence-corrected chi connectivity index (χ4v) is 1.56. The first-order valence-corrected chi connectivity index (χ1v) is 5.62. The minimum atomic E-state index is -1.33. The van der Waals surface area contributed by atoms with Gasteiger partial charge in [0.05, 0.1) is 4.92 Å². The SMILES string of the molecule is CN(C(=O)c1cc(C(=O)O)on1)c1ccc([N+](=O)[O-])cc1. The van der Waals surface area contributed by atoms with Gasteiger partial charge in [0.1, 0.15) is 0 Å². The molecule has 0 atom stereocenters. The van der Waals surface area contributed by atoms with Crippen molar-refractivity contribution in [1.82, 2.24) is 5.16 Å². The summed E-state index contributed by atoms with van der Waals surface area (Å²) in [6, 6.07) is 6.31. The third kappa shape index (κ3) is 2.86. The van der Waals surface area contributed by atoms with E-state index in [0.717, 1.165) is 6.07 Å². The number of carbonyl (C=O) groups is 2. The van der Waals surface area contributed by atoms with Crippen molar-refractivity contribution in [2.24, 2.45) is 0 Å². The van der Waals surface area contributed by atoms with Gasteiger partial charge in [-0.3, -0.25) is 14.9 Å². The molecular formula is C12H9N3O6. The number of carboxylic acid groups (broad SMARTS) is 1. The Morgan fingerprint density at radius 3 is 2.43 bits per heavy atom. The van der Waals surface area contributed by atoms with E-state index in [4.69, 9.17) is 5.11 Å². The van der Waals surface area contributed by atoms with Gasteiger partial charge in [0, 0.05) is 30.9 Å². The number of rotatable bonds is 4. The summed E-state index contributed by atoms with van der Waals surface area (Å²) in [5, 5.41) is 22.6. The molecule has 0 spiro atoms. The van der Waals surface area contributed by atoms with Crippen molar-refractivity contribution in [2.75, 3.05) is 11.9 Å². The Kier molecular flexibility index (Phi) is 3.65. The number of carboxylic acids is 1. The van der Waals surface area contributed by atoms with Crippen LogP contribution in [0.15, 0.2) is 34.9 Å². The van der Waals surface area contributed by atoms with E-state index in [0.29, 0.717) is 5.69 Å². The minimum Gasteiger partial charge on any atom is -0.475 e. The second-order valence-electron chi connectivity index (χ2n) is 4.02. The quantitative estimate of drug-likeness (QED) is 0.668. The number of aromatic carboxylic acids is 1. The zero-order valence-electron chi connectivity index (χ0n) is 10.7. The molecule has 1 aromatic carbocycles. The molecule has 0 aliphatic heterocycles. The molecule has 0 aliphatic rings. The molecule has 1 amide bonds. The third-order valence-corrected chi connectivity index (χ3v) is 2.69. The second kappa shape index (κ2) is 5.41. The number of hydrogen-bond acceptors (Lipinski definition) is 6. The van der Waals surface area contributed by atoms with Crippen LogP contribution >= 0.6 is 0 Å². The summed E-state index contributed by atoms with van der Waals surface area (Å²) in [6.45, 7) is 0. The van der Waals surface area contributed by atoms with Gasteiger partial charge in [0.15, 0.2) is 5.69 Å². The van der Waals surface area contributed by atoms with Gasteiger partial charge in [-0.25, -0.2) is 4.79 Å². The van der Waals surface area contributed by atoms with Crippen LogP contribution in [0.5, 0.6) is 0 Å². The van der Waals surface area contributed by atoms with Crippen molar-refractivity contribution in [3.05, 3.63) is 51.9 Å². The van der Waals surface area contributed by atoms with E-state index in [2.05, 4.69) is 9.68 Å². The summed E-state index contributed by atoms with van der Waals surface area (Å²) in [5.41, 5.74) is 0.118. The molecule has 0 fully saturated rings. The van der Waals surface area contributed by atoms with Crippen LogP contribution in [0, 0.1) is 10.1 Å². The Morgan fingerprint density at radius 1 is 1.33 bits per heavy atom. The maximum atomic E-state index is 12.1. The van der Waals surface area contributed by atoms with Crippen LogP contribution in [0.25, 0.3) is 0 Å². The van der Waals surface area contributed by atoms with E-state index >= 15 is 0 Å². The number of hydrogen-bond donors (Lipinski definition) is 1. The van der Waals surface area contributed by atoms with Crippen molar-refractivity contribution < 1.29 is 24.1 Å². The number of non-ortho nitro benzene ring substituents is 1. The highest BCUT2D eigenvalue weighted by Crippen LogP contribution is 2.20. The van der Waals surface area contributed by atoms with Crippen LogP contribution in [0.3, 0.4) is 0 Å². The molecule has 0 unspecified atom stereocenters. The van der Waals surface area contributed by atoms with E-state index in [1.165, 1.54) is 36.2 Å². The summed E-state index contributed by atoms with van der Waals surface area (Å²) >= 11 is 0. The molecule has 0 bridgehead atoms. The first-order valence-electron chi connectivity index (χ1n) is 5.62. The highest BCUT2D eigenvalue weighted by Gasteiger charge is 2.21. The van der Waals surface area contributed by atoms with Gasteiger partial charge in [-0.2, -0.15) is 0 Å². The molecule has 0 aliphatic carbocycles. The zero-order valence-corrected chi connectivity index (χ0v) is 10.7. The molecular weight excluding hydrogens is 282 g/mol. The Bertz CT molecular complexity index is 706. The largest absolute Gasteiger partial charge is 0.475 e. The zero-order chi connectivity index (χ0) is 15.6. The van der Waals surface area contributed by atoms with Gasteiger partial charge >= 0.3 is 5.97 Å². The number of carbonyl (C=O) groups excluding carboxylic acids is 1. The number of benzene rings is 1. The summed E-state index contributed by atoms with van der Waals surface area (Å²) in [4.78, 5) is 33.9. The smallest absolute Gasteiger partial charge is 0.374 e.